The molecule has 0 saturated carbocycles. The fraction of sp³-hybridized carbons (Fsp3) is 0.611. The Balaban J connectivity index is 1.58. The summed E-state index contributed by atoms with van der Waals surface area (Å²) >= 11 is 5.94. The van der Waals surface area contributed by atoms with Crippen molar-refractivity contribution in [3.8, 4) is 5.75 Å². The molecular formula is C18H28ClN3O3. The number of guanidine groups is 1. The molecule has 1 unspecified atom stereocenters. The van der Waals surface area contributed by atoms with Gasteiger partial charge in [0.1, 0.15) is 12.4 Å². The van der Waals surface area contributed by atoms with Crippen molar-refractivity contribution in [1.82, 2.24) is 10.2 Å². The van der Waals surface area contributed by atoms with E-state index in [2.05, 4.69) is 10.3 Å². The lowest BCUT2D eigenvalue weighted by molar-refractivity contribution is 0.0190. The molecule has 1 saturated heterocycles. The van der Waals surface area contributed by atoms with E-state index >= 15 is 0 Å². The Morgan fingerprint density at radius 1 is 1.44 bits per heavy atom. The van der Waals surface area contributed by atoms with Crippen LogP contribution in [0.4, 0.5) is 0 Å². The SMILES string of the molecule is CN=C(NCCOCC1CCCO1)N(C)CCOc1cccc(Cl)c1. The summed E-state index contributed by atoms with van der Waals surface area (Å²) in [6, 6.07) is 7.40. The summed E-state index contributed by atoms with van der Waals surface area (Å²) in [7, 11) is 3.74. The number of likely N-dealkylation sites (N-methyl/N-ethyl adjacent to an activating group) is 1. The van der Waals surface area contributed by atoms with Gasteiger partial charge in [-0.3, -0.25) is 4.99 Å². The zero-order chi connectivity index (χ0) is 17.9. The van der Waals surface area contributed by atoms with Crippen LogP contribution in [0.1, 0.15) is 12.8 Å². The van der Waals surface area contributed by atoms with Crippen LogP contribution in [0.3, 0.4) is 0 Å². The largest absolute Gasteiger partial charge is 0.492 e. The first-order chi connectivity index (χ1) is 12.2. The number of hydrogen-bond acceptors (Lipinski definition) is 4. The van der Waals surface area contributed by atoms with Gasteiger partial charge in [0.25, 0.3) is 0 Å². The lowest BCUT2D eigenvalue weighted by Gasteiger charge is -2.22. The molecular weight excluding hydrogens is 342 g/mol. The summed E-state index contributed by atoms with van der Waals surface area (Å²) in [6.45, 7) is 4.13. The normalized spacial score (nSPS) is 17.6. The Morgan fingerprint density at radius 2 is 2.32 bits per heavy atom. The molecule has 1 fully saturated rings. The minimum atomic E-state index is 0.269. The van der Waals surface area contributed by atoms with Gasteiger partial charge in [0.05, 0.1) is 25.9 Å². The van der Waals surface area contributed by atoms with Gasteiger partial charge in [-0.1, -0.05) is 17.7 Å². The van der Waals surface area contributed by atoms with E-state index in [1.54, 1.807) is 13.1 Å². The minimum Gasteiger partial charge on any atom is -0.492 e. The fourth-order valence-corrected chi connectivity index (χ4v) is 2.75. The monoisotopic (exact) mass is 369 g/mol. The lowest BCUT2D eigenvalue weighted by atomic mass is 10.2. The van der Waals surface area contributed by atoms with Gasteiger partial charge < -0.3 is 24.4 Å². The van der Waals surface area contributed by atoms with Crippen LogP contribution in [0.25, 0.3) is 0 Å². The maximum absolute atomic E-state index is 5.94. The standard InChI is InChI=1S/C18H28ClN3O3/c1-20-18(21-8-11-23-14-17-7-4-10-24-17)22(2)9-12-25-16-6-3-5-15(19)13-16/h3,5-6,13,17H,4,7-12,14H2,1-2H3,(H,20,21). The second-order valence-electron chi connectivity index (χ2n) is 5.91. The van der Waals surface area contributed by atoms with Gasteiger partial charge in [-0.25, -0.2) is 0 Å². The molecule has 0 spiro atoms. The van der Waals surface area contributed by atoms with Crippen molar-refractivity contribution in [3.05, 3.63) is 29.3 Å². The highest BCUT2D eigenvalue weighted by Crippen LogP contribution is 2.16. The molecule has 140 valence electrons. The first kappa shape index (κ1) is 19.8. The van der Waals surface area contributed by atoms with Crippen molar-refractivity contribution in [2.45, 2.75) is 18.9 Å². The second-order valence-corrected chi connectivity index (χ2v) is 6.35. The van der Waals surface area contributed by atoms with Crippen molar-refractivity contribution in [2.24, 2.45) is 4.99 Å². The van der Waals surface area contributed by atoms with Gasteiger partial charge in [0, 0.05) is 32.3 Å². The van der Waals surface area contributed by atoms with Crippen LogP contribution in [0.15, 0.2) is 29.3 Å². The van der Waals surface area contributed by atoms with Gasteiger partial charge in [0.15, 0.2) is 5.96 Å². The Labute approximate surface area is 155 Å². The Kier molecular flexibility index (Phi) is 8.86. The van der Waals surface area contributed by atoms with Crippen molar-refractivity contribution >= 4 is 17.6 Å². The number of aliphatic imine (C=N–C) groups is 1. The van der Waals surface area contributed by atoms with Crippen LogP contribution in [0, 0.1) is 0 Å². The summed E-state index contributed by atoms with van der Waals surface area (Å²) in [5.41, 5.74) is 0. The zero-order valence-electron chi connectivity index (χ0n) is 15.0. The molecule has 0 amide bonds. The third-order valence-corrected chi connectivity index (χ3v) is 4.16. The molecule has 1 aromatic rings. The minimum absolute atomic E-state index is 0.269. The smallest absolute Gasteiger partial charge is 0.193 e. The summed E-state index contributed by atoms with van der Waals surface area (Å²) < 4.78 is 16.9. The van der Waals surface area contributed by atoms with Crippen LogP contribution < -0.4 is 10.1 Å². The molecule has 1 N–H and O–H groups in total. The number of nitrogens with zero attached hydrogens (tertiary/aromatic N) is 2. The molecule has 1 heterocycles. The number of benzene rings is 1. The van der Waals surface area contributed by atoms with Crippen molar-refractivity contribution in [1.29, 1.82) is 0 Å². The summed E-state index contributed by atoms with van der Waals surface area (Å²) in [5, 5.41) is 3.96. The Morgan fingerprint density at radius 3 is 3.04 bits per heavy atom. The molecule has 25 heavy (non-hydrogen) atoms. The predicted molar refractivity (Wildman–Crippen MR) is 101 cm³/mol. The summed E-state index contributed by atoms with van der Waals surface area (Å²) in [4.78, 5) is 6.30. The van der Waals surface area contributed by atoms with Gasteiger partial charge in [0.2, 0.25) is 0 Å². The fourth-order valence-electron chi connectivity index (χ4n) is 2.57. The van der Waals surface area contributed by atoms with E-state index in [0.717, 1.165) is 31.2 Å². The van der Waals surface area contributed by atoms with Crippen LogP contribution in [0.2, 0.25) is 5.02 Å². The van der Waals surface area contributed by atoms with Crippen LogP contribution in [0.5, 0.6) is 5.75 Å². The molecule has 1 aliphatic heterocycles. The molecule has 1 atom stereocenters. The quantitative estimate of drug-likeness (QED) is 0.411. The maximum Gasteiger partial charge on any atom is 0.193 e. The van der Waals surface area contributed by atoms with Crippen molar-refractivity contribution in [3.63, 3.8) is 0 Å². The highest BCUT2D eigenvalue weighted by molar-refractivity contribution is 6.30. The molecule has 6 nitrogen and oxygen atoms in total. The third-order valence-electron chi connectivity index (χ3n) is 3.92. The Hall–Kier alpha value is -1.50. The molecule has 1 aromatic carbocycles. The van der Waals surface area contributed by atoms with Gasteiger partial charge in [-0.2, -0.15) is 0 Å². The van der Waals surface area contributed by atoms with Crippen LogP contribution in [-0.4, -0.2) is 70.6 Å². The van der Waals surface area contributed by atoms with Crippen molar-refractivity contribution in [2.75, 3.05) is 53.6 Å². The van der Waals surface area contributed by atoms with Gasteiger partial charge in [-0.05, 0) is 31.0 Å². The highest BCUT2D eigenvalue weighted by Gasteiger charge is 2.15. The van der Waals surface area contributed by atoms with E-state index in [9.17, 15) is 0 Å². The van der Waals surface area contributed by atoms with E-state index in [1.807, 2.05) is 30.1 Å². The van der Waals surface area contributed by atoms with Gasteiger partial charge in [-0.15, -0.1) is 0 Å². The average Bonchev–Trinajstić information content (AvgIpc) is 3.11. The topological polar surface area (TPSA) is 55.3 Å². The van der Waals surface area contributed by atoms with Gasteiger partial charge >= 0.3 is 0 Å². The summed E-state index contributed by atoms with van der Waals surface area (Å²) in [6.07, 6.45) is 2.51. The third kappa shape index (κ3) is 7.50. The number of hydrogen-bond donors (Lipinski definition) is 1. The van der Waals surface area contributed by atoms with Crippen LogP contribution in [-0.2, 0) is 9.47 Å². The lowest BCUT2D eigenvalue weighted by Crippen LogP contribution is -2.42. The van der Waals surface area contributed by atoms with Crippen molar-refractivity contribution < 1.29 is 14.2 Å². The molecule has 0 bridgehead atoms. The first-order valence-electron chi connectivity index (χ1n) is 8.68. The maximum atomic E-state index is 5.94. The predicted octanol–water partition coefficient (Wildman–Crippen LogP) is 2.42. The zero-order valence-corrected chi connectivity index (χ0v) is 15.8. The second kappa shape index (κ2) is 11.2. The van der Waals surface area contributed by atoms with E-state index in [-0.39, 0.29) is 6.10 Å². The number of halogens is 1. The first-order valence-corrected chi connectivity index (χ1v) is 9.06. The molecule has 0 radical (unpaired) electrons. The molecule has 0 aliphatic carbocycles. The number of ether oxygens (including phenoxy) is 3. The highest BCUT2D eigenvalue weighted by atomic mass is 35.5. The van der Waals surface area contributed by atoms with E-state index < -0.39 is 0 Å². The molecule has 2 rings (SSSR count). The van der Waals surface area contributed by atoms with E-state index in [4.69, 9.17) is 25.8 Å². The summed E-state index contributed by atoms with van der Waals surface area (Å²) in [5.74, 6) is 1.58. The van der Waals surface area contributed by atoms with E-state index in [0.29, 0.717) is 37.9 Å². The van der Waals surface area contributed by atoms with E-state index in [1.165, 1.54) is 0 Å². The average molecular weight is 370 g/mol. The number of nitrogens with one attached hydrogen (secondary N) is 1. The Bertz CT molecular complexity index is 536. The molecule has 0 aromatic heterocycles. The molecule has 1 aliphatic rings. The number of rotatable bonds is 9. The molecule has 7 heteroatoms. The van der Waals surface area contributed by atoms with Crippen LogP contribution >= 0.6 is 11.6 Å².